The van der Waals surface area contributed by atoms with Crippen LogP contribution in [0.3, 0.4) is 0 Å². The van der Waals surface area contributed by atoms with Crippen LogP contribution in [-0.4, -0.2) is 40.6 Å². The summed E-state index contributed by atoms with van der Waals surface area (Å²) in [5, 5.41) is 0. The number of ketones is 1. The average Bonchev–Trinajstić information content (AvgIpc) is 2.54. The lowest BCUT2D eigenvalue weighted by Crippen LogP contribution is -2.44. The molecule has 0 N–H and O–H groups in total. The molecule has 0 radical (unpaired) electrons. The van der Waals surface area contributed by atoms with Crippen molar-refractivity contribution in [2.75, 3.05) is 25.7 Å². The minimum absolute atomic E-state index is 0.0589. The molecule has 2 rings (SSSR count). The fourth-order valence-corrected chi connectivity index (χ4v) is 4.08. The highest BCUT2D eigenvalue weighted by Crippen LogP contribution is 2.36. The van der Waals surface area contributed by atoms with Gasteiger partial charge in [0.1, 0.15) is 4.86 Å². The first-order valence-corrected chi connectivity index (χ1v) is 11.4. The Morgan fingerprint density at radius 2 is 1.73 bits per heavy atom. The minimum atomic E-state index is -2.46. The van der Waals surface area contributed by atoms with E-state index >= 15 is 0 Å². The fourth-order valence-electron chi connectivity index (χ4n) is 3.12. The standard InChI is InChI=1S/C22H30O3S/c1-21(2,3)12-11-19(26(4,5)24)20(23)22(13-15-25-16-14-22)17-18-9-7-6-8-10-18/h6-10H,13-17H2,1-5H3. The maximum atomic E-state index is 13.6. The summed E-state index contributed by atoms with van der Waals surface area (Å²) in [4.78, 5) is 13.9. The van der Waals surface area contributed by atoms with Gasteiger partial charge in [-0.1, -0.05) is 42.2 Å². The van der Waals surface area contributed by atoms with Crippen LogP contribution in [0.4, 0.5) is 0 Å². The molecule has 1 heterocycles. The summed E-state index contributed by atoms with van der Waals surface area (Å²) < 4.78 is 18.4. The predicted octanol–water partition coefficient (Wildman–Crippen LogP) is 3.36. The van der Waals surface area contributed by atoms with E-state index in [-0.39, 0.29) is 16.1 Å². The molecule has 1 fully saturated rings. The van der Waals surface area contributed by atoms with Crippen LogP contribution in [0.2, 0.25) is 0 Å². The van der Waals surface area contributed by atoms with Crippen molar-refractivity contribution in [1.29, 1.82) is 0 Å². The second kappa shape index (κ2) is 7.98. The summed E-state index contributed by atoms with van der Waals surface area (Å²) in [5.41, 5.74) is 0.277. The van der Waals surface area contributed by atoms with Crippen LogP contribution in [0.25, 0.3) is 0 Å². The highest BCUT2D eigenvalue weighted by Gasteiger charge is 2.42. The first-order valence-electron chi connectivity index (χ1n) is 9.04. The Kier molecular flexibility index (Phi) is 6.37. The van der Waals surface area contributed by atoms with Gasteiger partial charge < -0.3 is 4.74 Å². The number of ether oxygens (including phenoxy) is 1. The molecule has 0 bridgehead atoms. The number of benzene rings is 1. The van der Waals surface area contributed by atoms with Crippen LogP contribution in [-0.2, 0) is 25.5 Å². The van der Waals surface area contributed by atoms with Crippen molar-refractivity contribution in [1.82, 2.24) is 0 Å². The number of rotatable bonds is 4. The number of hydrogen-bond donors (Lipinski definition) is 0. The zero-order chi connectivity index (χ0) is 19.4. The van der Waals surface area contributed by atoms with E-state index in [1.807, 2.05) is 51.1 Å². The average molecular weight is 375 g/mol. The summed E-state index contributed by atoms with van der Waals surface area (Å²) in [6.07, 6.45) is 5.14. The van der Waals surface area contributed by atoms with E-state index in [1.54, 1.807) is 12.5 Å². The van der Waals surface area contributed by atoms with E-state index in [9.17, 15) is 9.00 Å². The Labute approximate surface area is 158 Å². The molecule has 0 unspecified atom stereocenters. The molecule has 1 aliphatic heterocycles. The summed E-state index contributed by atoms with van der Waals surface area (Å²) in [6, 6.07) is 10.0. The molecule has 1 aromatic rings. The molecule has 26 heavy (non-hydrogen) atoms. The van der Waals surface area contributed by atoms with Crippen molar-refractivity contribution in [3.8, 4) is 11.8 Å². The molecule has 0 saturated carbocycles. The number of carbonyl (C=O) groups is 1. The third-order valence-electron chi connectivity index (χ3n) is 4.57. The monoisotopic (exact) mass is 374 g/mol. The molecular weight excluding hydrogens is 344 g/mol. The first-order chi connectivity index (χ1) is 12.0. The first kappa shape index (κ1) is 20.7. The molecule has 1 aromatic carbocycles. The van der Waals surface area contributed by atoms with Crippen molar-refractivity contribution in [2.45, 2.75) is 40.0 Å². The van der Waals surface area contributed by atoms with Gasteiger partial charge in [0.15, 0.2) is 5.78 Å². The summed E-state index contributed by atoms with van der Waals surface area (Å²) in [6.45, 7) is 7.07. The molecule has 0 aliphatic carbocycles. The molecular formula is C22H30O3S. The lowest BCUT2D eigenvalue weighted by atomic mass is 9.71. The maximum Gasteiger partial charge on any atom is 0.185 e. The summed E-state index contributed by atoms with van der Waals surface area (Å²) in [5.74, 6) is 6.06. The van der Waals surface area contributed by atoms with Gasteiger partial charge in [0.2, 0.25) is 0 Å². The van der Waals surface area contributed by atoms with Gasteiger partial charge >= 0.3 is 0 Å². The van der Waals surface area contributed by atoms with Gasteiger partial charge in [0.25, 0.3) is 0 Å². The van der Waals surface area contributed by atoms with Gasteiger partial charge in [0.05, 0.1) is 0 Å². The van der Waals surface area contributed by atoms with Gasteiger partial charge in [-0.25, -0.2) is 0 Å². The van der Waals surface area contributed by atoms with Crippen molar-refractivity contribution >= 4 is 20.2 Å². The van der Waals surface area contributed by atoms with E-state index in [0.717, 1.165) is 5.56 Å². The molecule has 4 heteroatoms. The van der Waals surface area contributed by atoms with Crippen molar-refractivity contribution in [2.24, 2.45) is 10.8 Å². The van der Waals surface area contributed by atoms with Crippen LogP contribution in [0.5, 0.6) is 0 Å². The van der Waals surface area contributed by atoms with Crippen LogP contribution in [0.1, 0.15) is 39.2 Å². The molecule has 0 atom stereocenters. The second-order valence-corrected chi connectivity index (χ2v) is 11.3. The second-order valence-electron chi connectivity index (χ2n) is 8.45. The SMILES string of the molecule is CC(C)(C)C#CC(C(=O)C1(Cc2ccccc2)CCOCC1)=S(C)(C)=O. The topological polar surface area (TPSA) is 43.4 Å². The van der Waals surface area contributed by atoms with Crippen molar-refractivity contribution in [3.05, 3.63) is 35.9 Å². The van der Waals surface area contributed by atoms with E-state index in [4.69, 9.17) is 4.74 Å². The Morgan fingerprint density at radius 1 is 1.15 bits per heavy atom. The highest BCUT2D eigenvalue weighted by molar-refractivity contribution is 8.02. The summed E-state index contributed by atoms with van der Waals surface area (Å²) >= 11 is 0. The summed E-state index contributed by atoms with van der Waals surface area (Å²) in [7, 11) is -2.46. The normalized spacial score (nSPS) is 17.1. The Hall–Kier alpha value is -1.57. The van der Waals surface area contributed by atoms with Crippen molar-refractivity contribution < 1.29 is 13.7 Å². The smallest absolute Gasteiger partial charge is 0.185 e. The third-order valence-corrected chi connectivity index (χ3v) is 5.84. The van der Waals surface area contributed by atoms with Crippen LogP contribution < -0.4 is 0 Å². The number of carbonyl (C=O) groups excluding carboxylic acids is 1. The molecule has 142 valence electrons. The van der Waals surface area contributed by atoms with Gasteiger partial charge in [-0.2, -0.15) is 0 Å². The van der Waals surface area contributed by atoms with Gasteiger partial charge in [0, 0.05) is 36.6 Å². The quantitative estimate of drug-likeness (QED) is 0.599. The largest absolute Gasteiger partial charge is 0.381 e. The minimum Gasteiger partial charge on any atom is -0.381 e. The van der Waals surface area contributed by atoms with Crippen molar-refractivity contribution in [3.63, 3.8) is 0 Å². The maximum absolute atomic E-state index is 13.6. The predicted molar refractivity (Wildman–Crippen MR) is 110 cm³/mol. The van der Waals surface area contributed by atoms with E-state index < -0.39 is 14.9 Å². The molecule has 1 aliphatic rings. The van der Waals surface area contributed by atoms with Crippen LogP contribution in [0.15, 0.2) is 30.3 Å². The number of Topliss-reactive ketones (excluding diaryl/α,β-unsaturated/α-hetero) is 1. The van der Waals surface area contributed by atoms with Crippen LogP contribution in [0, 0.1) is 22.7 Å². The third kappa shape index (κ3) is 5.46. The molecule has 0 spiro atoms. The molecule has 3 nitrogen and oxygen atoms in total. The lowest BCUT2D eigenvalue weighted by molar-refractivity contribution is -0.127. The van der Waals surface area contributed by atoms with Crippen LogP contribution >= 0.6 is 0 Å². The molecule has 1 saturated heterocycles. The van der Waals surface area contributed by atoms with E-state index in [1.165, 1.54) is 0 Å². The molecule has 0 amide bonds. The fraction of sp³-hybridized carbons (Fsp3) is 0.545. The Bertz CT molecular complexity index is 812. The Balaban J connectivity index is 2.50. The van der Waals surface area contributed by atoms with Gasteiger partial charge in [-0.15, -0.1) is 0 Å². The molecule has 0 aromatic heterocycles. The van der Waals surface area contributed by atoms with Gasteiger partial charge in [-0.3, -0.25) is 9.00 Å². The van der Waals surface area contributed by atoms with E-state index in [2.05, 4.69) is 11.8 Å². The Morgan fingerprint density at radius 3 is 2.23 bits per heavy atom. The van der Waals surface area contributed by atoms with Gasteiger partial charge in [-0.05, 0) is 55.1 Å². The zero-order valence-corrected chi connectivity index (χ0v) is 17.4. The highest BCUT2D eigenvalue weighted by atomic mass is 32.2. The lowest BCUT2D eigenvalue weighted by Gasteiger charge is -2.36. The van der Waals surface area contributed by atoms with E-state index in [0.29, 0.717) is 32.5 Å². The number of hydrogen-bond acceptors (Lipinski definition) is 3. The zero-order valence-electron chi connectivity index (χ0n) is 16.6.